The monoisotopic (exact) mass is 642 g/mol. The largest absolute Gasteiger partial charge is 0.324 e. The lowest BCUT2D eigenvalue weighted by atomic mass is 10.1. The molecule has 0 saturated heterocycles. The lowest BCUT2D eigenvalue weighted by Gasteiger charge is -2.22. The van der Waals surface area contributed by atoms with Crippen LogP contribution in [0.4, 0.5) is 0 Å². The van der Waals surface area contributed by atoms with Crippen LogP contribution in [0.25, 0.3) is 55.0 Å². The second-order valence-electron chi connectivity index (χ2n) is 12.5. The third-order valence-electron chi connectivity index (χ3n) is 9.60. The Hall–Kier alpha value is -6.79. The Balaban J connectivity index is 1.24. The molecule has 0 bridgehead atoms. The first-order valence-electron chi connectivity index (χ1n) is 16.8. The maximum Gasteiger partial charge on any atom is 0.186 e. The van der Waals surface area contributed by atoms with E-state index in [1.54, 1.807) is 0 Å². The molecule has 0 amide bonds. The van der Waals surface area contributed by atoms with Gasteiger partial charge in [-0.25, -0.2) is 9.98 Å². The second-order valence-corrected chi connectivity index (χ2v) is 12.5. The van der Waals surface area contributed by atoms with Crippen LogP contribution < -0.4 is 5.32 Å². The SMILES string of the molecule is c1ccc(C2=NC(c3cc(-n4c5ccccc5c5ccc6c7ccccc7n(-c7ccccc7)c6c54)ccn3)N=C(c3ccccc3)N2)cc1. The van der Waals surface area contributed by atoms with Crippen molar-refractivity contribution in [2.75, 3.05) is 0 Å². The normalized spacial score (nSPS) is 13.5. The van der Waals surface area contributed by atoms with Crippen molar-refractivity contribution in [1.29, 1.82) is 0 Å². The highest BCUT2D eigenvalue weighted by Gasteiger charge is 2.24. The minimum Gasteiger partial charge on any atom is -0.324 e. The van der Waals surface area contributed by atoms with E-state index in [0.717, 1.165) is 50.9 Å². The fraction of sp³-hybridized carbons (Fsp3) is 0.0227. The molecule has 0 spiro atoms. The number of benzene rings is 6. The highest BCUT2D eigenvalue weighted by Crippen LogP contribution is 2.41. The van der Waals surface area contributed by atoms with E-state index in [9.17, 15) is 0 Å². The molecular formula is C44H30N6. The number of aliphatic imine (C=N–C) groups is 2. The molecule has 0 atom stereocenters. The number of nitrogens with zero attached hydrogens (tertiary/aromatic N) is 5. The van der Waals surface area contributed by atoms with E-state index < -0.39 is 6.17 Å². The van der Waals surface area contributed by atoms with E-state index in [4.69, 9.17) is 15.0 Å². The molecule has 1 aliphatic heterocycles. The summed E-state index contributed by atoms with van der Waals surface area (Å²) in [5.74, 6) is 1.53. The molecule has 236 valence electrons. The predicted molar refractivity (Wildman–Crippen MR) is 205 cm³/mol. The van der Waals surface area contributed by atoms with Gasteiger partial charge in [-0.3, -0.25) is 4.98 Å². The van der Waals surface area contributed by atoms with Gasteiger partial charge in [0, 0.05) is 50.2 Å². The quantitative estimate of drug-likeness (QED) is 0.203. The van der Waals surface area contributed by atoms with Crippen molar-refractivity contribution in [3.63, 3.8) is 0 Å². The van der Waals surface area contributed by atoms with Crippen molar-refractivity contribution in [2.24, 2.45) is 9.98 Å². The van der Waals surface area contributed by atoms with Crippen molar-refractivity contribution >= 4 is 55.3 Å². The standard InChI is InChI=1S/C44H30N6/c1-4-14-29(15-5-1)42-46-43(30-16-6-2-7-17-30)48-44(47-42)37-28-32(26-27-45-37)50-39-23-13-11-21-34(39)36-25-24-35-33-20-10-12-22-38(33)49(40(35)41(36)50)31-18-8-3-9-19-31/h1-28,44H,(H,46,47,48). The molecule has 6 heteroatoms. The minimum absolute atomic E-state index is 0.537. The first kappa shape index (κ1) is 28.2. The number of hydrogen-bond acceptors (Lipinski definition) is 4. The number of para-hydroxylation sites is 3. The molecule has 4 heterocycles. The first-order chi connectivity index (χ1) is 24.8. The van der Waals surface area contributed by atoms with E-state index in [1.165, 1.54) is 32.6 Å². The molecule has 3 aromatic heterocycles. The number of nitrogens with one attached hydrogen (secondary N) is 1. The Morgan fingerprint density at radius 1 is 0.440 bits per heavy atom. The van der Waals surface area contributed by atoms with Crippen LogP contribution in [0.3, 0.4) is 0 Å². The molecule has 50 heavy (non-hydrogen) atoms. The van der Waals surface area contributed by atoms with Crippen molar-refractivity contribution in [1.82, 2.24) is 19.4 Å². The Bertz CT molecular complexity index is 2720. The zero-order valence-electron chi connectivity index (χ0n) is 27.0. The van der Waals surface area contributed by atoms with Crippen molar-refractivity contribution < 1.29 is 0 Å². The number of fused-ring (bicyclic) bond motifs is 7. The summed E-state index contributed by atoms with van der Waals surface area (Å²) in [6.45, 7) is 0. The second kappa shape index (κ2) is 11.4. The Labute approximate surface area is 288 Å². The minimum atomic E-state index is -0.537. The van der Waals surface area contributed by atoms with Gasteiger partial charge in [0.2, 0.25) is 0 Å². The first-order valence-corrected chi connectivity index (χ1v) is 16.8. The topological polar surface area (TPSA) is 59.5 Å². The maximum atomic E-state index is 5.12. The van der Waals surface area contributed by atoms with Crippen LogP contribution in [-0.4, -0.2) is 25.8 Å². The van der Waals surface area contributed by atoms with Crippen LogP contribution in [0.5, 0.6) is 0 Å². The molecule has 1 N–H and O–H groups in total. The van der Waals surface area contributed by atoms with Gasteiger partial charge in [0.1, 0.15) is 11.7 Å². The molecule has 0 aliphatic carbocycles. The van der Waals surface area contributed by atoms with Gasteiger partial charge in [-0.1, -0.05) is 127 Å². The van der Waals surface area contributed by atoms with Crippen LogP contribution in [-0.2, 0) is 0 Å². The Morgan fingerprint density at radius 2 is 0.920 bits per heavy atom. The molecule has 9 aromatic rings. The number of amidine groups is 2. The lowest BCUT2D eigenvalue weighted by Crippen LogP contribution is -2.36. The zero-order chi connectivity index (χ0) is 33.0. The lowest BCUT2D eigenvalue weighted by molar-refractivity contribution is 0.726. The molecule has 6 aromatic carbocycles. The average molecular weight is 643 g/mol. The molecule has 1 aliphatic rings. The molecule has 0 radical (unpaired) electrons. The Morgan fingerprint density at radius 3 is 1.48 bits per heavy atom. The highest BCUT2D eigenvalue weighted by atomic mass is 15.2. The number of rotatable bonds is 5. The molecule has 6 nitrogen and oxygen atoms in total. The molecule has 0 saturated carbocycles. The van der Waals surface area contributed by atoms with Gasteiger partial charge < -0.3 is 14.5 Å². The van der Waals surface area contributed by atoms with Crippen molar-refractivity contribution in [3.8, 4) is 11.4 Å². The van der Waals surface area contributed by atoms with Crippen LogP contribution >= 0.6 is 0 Å². The summed E-state index contributed by atoms with van der Waals surface area (Å²) >= 11 is 0. The van der Waals surface area contributed by atoms with E-state index in [1.807, 2.05) is 42.6 Å². The van der Waals surface area contributed by atoms with Gasteiger partial charge >= 0.3 is 0 Å². The zero-order valence-corrected chi connectivity index (χ0v) is 27.0. The third-order valence-corrected chi connectivity index (χ3v) is 9.60. The van der Waals surface area contributed by atoms with Crippen LogP contribution in [0.15, 0.2) is 180 Å². The van der Waals surface area contributed by atoms with E-state index in [2.05, 4.69) is 142 Å². The number of pyridine rings is 1. The van der Waals surface area contributed by atoms with Crippen molar-refractivity contribution in [2.45, 2.75) is 6.17 Å². The fourth-order valence-electron chi connectivity index (χ4n) is 7.40. The van der Waals surface area contributed by atoms with Crippen LogP contribution in [0.1, 0.15) is 23.0 Å². The third kappa shape index (κ3) is 4.46. The van der Waals surface area contributed by atoms with Gasteiger partial charge in [0.05, 0.1) is 27.8 Å². The predicted octanol–water partition coefficient (Wildman–Crippen LogP) is 9.77. The van der Waals surface area contributed by atoms with E-state index in [0.29, 0.717) is 0 Å². The summed E-state index contributed by atoms with van der Waals surface area (Å²) < 4.78 is 4.80. The van der Waals surface area contributed by atoms with Gasteiger partial charge in [-0.15, -0.1) is 0 Å². The van der Waals surface area contributed by atoms with E-state index in [-0.39, 0.29) is 0 Å². The summed E-state index contributed by atoms with van der Waals surface area (Å²) in [7, 11) is 0. The smallest absolute Gasteiger partial charge is 0.186 e. The van der Waals surface area contributed by atoms with E-state index >= 15 is 0 Å². The van der Waals surface area contributed by atoms with Crippen LogP contribution in [0, 0.1) is 0 Å². The highest BCUT2D eigenvalue weighted by molar-refractivity contribution is 6.24. The Kier molecular flexibility index (Phi) is 6.45. The van der Waals surface area contributed by atoms with Gasteiger partial charge in [-0.2, -0.15) is 0 Å². The number of hydrogen-bond donors (Lipinski definition) is 1. The van der Waals surface area contributed by atoms with Gasteiger partial charge in [0.15, 0.2) is 6.17 Å². The molecular weight excluding hydrogens is 613 g/mol. The van der Waals surface area contributed by atoms with Crippen molar-refractivity contribution in [3.05, 3.63) is 187 Å². The summed E-state index contributed by atoms with van der Waals surface area (Å²) in [5.41, 5.74) is 9.51. The summed E-state index contributed by atoms with van der Waals surface area (Å²) in [5, 5.41) is 8.32. The molecule has 0 fully saturated rings. The number of aromatic nitrogens is 3. The summed E-state index contributed by atoms with van der Waals surface area (Å²) in [6.07, 6.45) is 1.35. The van der Waals surface area contributed by atoms with Crippen LogP contribution in [0.2, 0.25) is 0 Å². The van der Waals surface area contributed by atoms with Gasteiger partial charge in [-0.05, 0) is 36.4 Å². The summed E-state index contributed by atoms with van der Waals surface area (Å²) in [6, 6.07) is 57.2. The average Bonchev–Trinajstić information content (AvgIpc) is 3.72. The fourth-order valence-corrected chi connectivity index (χ4v) is 7.40. The summed E-state index contributed by atoms with van der Waals surface area (Å²) in [4.78, 5) is 15.1. The molecule has 10 rings (SSSR count). The molecule has 0 unspecified atom stereocenters. The van der Waals surface area contributed by atoms with Gasteiger partial charge in [0.25, 0.3) is 0 Å². The maximum absolute atomic E-state index is 5.12.